The second kappa shape index (κ2) is 8.99. The fourth-order valence-electron chi connectivity index (χ4n) is 4.35. The van der Waals surface area contributed by atoms with Crippen molar-refractivity contribution >= 4 is 11.6 Å². The van der Waals surface area contributed by atoms with Gasteiger partial charge in [-0.2, -0.15) is 0 Å². The van der Waals surface area contributed by atoms with Crippen molar-refractivity contribution in [2.24, 2.45) is 5.92 Å². The van der Waals surface area contributed by atoms with Gasteiger partial charge in [-0.1, -0.05) is 0 Å². The summed E-state index contributed by atoms with van der Waals surface area (Å²) in [7, 11) is 3.45. The molecule has 1 atom stereocenters. The van der Waals surface area contributed by atoms with Crippen LogP contribution in [0.1, 0.15) is 48.9 Å². The van der Waals surface area contributed by atoms with Gasteiger partial charge in [0.1, 0.15) is 0 Å². The van der Waals surface area contributed by atoms with E-state index in [4.69, 9.17) is 4.74 Å². The van der Waals surface area contributed by atoms with Crippen LogP contribution in [0.25, 0.3) is 5.65 Å². The van der Waals surface area contributed by atoms with Crippen LogP contribution in [0.5, 0.6) is 0 Å². The molecule has 164 valence electrons. The van der Waals surface area contributed by atoms with Crippen molar-refractivity contribution in [2.45, 2.75) is 38.8 Å². The number of hydrogen-bond donors (Lipinski definition) is 0. The predicted molar refractivity (Wildman–Crippen MR) is 116 cm³/mol. The number of aromatic nitrogens is 3. The van der Waals surface area contributed by atoms with Gasteiger partial charge in [0.25, 0.3) is 5.91 Å². The summed E-state index contributed by atoms with van der Waals surface area (Å²) in [6.07, 6.45) is 4.63. The largest absolute Gasteiger partial charge is 0.383 e. The van der Waals surface area contributed by atoms with Crippen LogP contribution in [0, 0.1) is 5.92 Å². The number of amides is 1. The number of carbonyl (C=O) groups is 1. The van der Waals surface area contributed by atoms with E-state index in [0.717, 1.165) is 37.0 Å². The molecule has 1 unspecified atom stereocenters. The Morgan fingerprint density at radius 3 is 2.77 bits per heavy atom. The number of fused-ring (bicyclic) bond motifs is 1. The molecular formula is C22H34N6O2. The highest BCUT2D eigenvalue weighted by Crippen LogP contribution is 2.33. The minimum Gasteiger partial charge on any atom is -0.383 e. The number of rotatable bonds is 8. The molecule has 0 radical (unpaired) electrons. The topological polar surface area (TPSA) is 66.2 Å². The van der Waals surface area contributed by atoms with Crippen LogP contribution >= 0.6 is 0 Å². The number of pyridine rings is 1. The zero-order valence-corrected chi connectivity index (χ0v) is 18.6. The maximum atomic E-state index is 12.9. The normalized spacial score (nSPS) is 20.9. The van der Waals surface area contributed by atoms with Crippen LogP contribution in [0.15, 0.2) is 18.3 Å². The number of nitrogens with zero attached hydrogens (tertiary/aromatic N) is 6. The van der Waals surface area contributed by atoms with Gasteiger partial charge in [0.2, 0.25) is 0 Å². The van der Waals surface area contributed by atoms with Gasteiger partial charge in [0, 0.05) is 59.1 Å². The fourth-order valence-corrected chi connectivity index (χ4v) is 4.35. The Balaban J connectivity index is 1.61. The third kappa shape index (κ3) is 4.50. The van der Waals surface area contributed by atoms with E-state index < -0.39 is 0 Å². The molecule has 0 aromatic carbocycles. The van der Waals surface area contributed by atoms with Crippen molar-refractivity contribution in [1.29, 1.82) is 0 Å². The molecule has 1 amide bonds. The molecule has 3 heterocycles. The lowest BCUT2D eigenvalue weighted by Gasteiger charge is -2.42. The molecule has 1 saturated carbocycles. The van der Waals surface area contributed by atoms with Crippen molar-refractivity contribution in [3.8, 4) is 0 Å². The lowest BCUT2D eigenvalue weighted by molar-refractivity contribution is 0.0437. The highest BCUT2D eigenvalue weighted by molar-refractivity contribution is 5.94. The van der Waals surface area contributed by atoms with Gasteiger partial charge < -0.3 is 9.64 Å². The average Bonchev–Trinajstić information content (AvgIpc) is 3.46. The summed E-state index contributed by atoms with van der Waals surface area (Å²) in [5, 5.41) is 8.98. The number of likely N-dealkylation sites (N-methyl/N-ethyl adjacent to an activating group) is 1. The maximum Gasteiger partial charge on any atom is 0.255 e. The SMILES string of the molecule is COCCN(C)C(=O)c1ccc2nnc(C3CN(CC4CC4)CCN3C(C)C)n2c1. The van der Waals surface area contributed by atoms with Crippen LogP contribution < -0.4 is 0 Å². The van der Waals surface area contributed by atoms with E-state index in [2.05, 4.69) is 33.8 Å². The lowest BCUT2D eigenvalue weighted by Crippen LogP contribution is -2.51. The third-order valence-corrected chi connectivity index (χ3v) is 6.33. The molecule has 8 heteroatoms. The Bertz CT molecular complexity index is 878. The van der Waals surface area contributed by atoms with E-state index in [1.807, 2.05) is 22.7 Å². The van der Waals surface area contributed by atoms with Crippen molar-refractivity contribution in [3.63, 3.8) is 0 Å². The number of hydrogen-bond acceptors (Lipinski definition) is 6. The molecule has 1 saturated heterocycles. The van der Waals surface area contributed by atoms with E-state index in [1.54, 1.807) is 19.1 Å². The standard InChI is InChI=1S/C22H34N6O2/c1-16(2)27-10-9-26(13-17-5-6-17)15-19(27)21-24-23-20-8-7-18(14-28(20)21)22(29)25(3)11-12-30-4/h7-8,14,16-17,19H,5-6,9-13,15H2,1-4H3. The van der Waals surface area contributed by atoms with Gasteiger partial charge in [-0.3, -0.25) is 19.0 Å². The Labute approximate surface area is 178 Å². The monoisotopic (exact) mass is 414 g/mol. The molecule has 2 aromatic heterocycles. The van der Waals surface area contributed by atoms with E-state index in [0.29, 0.717) is 24.8 Å². The minimum atomic E-state index is -0.0201. The fraction of sp³-hybridized carbons (Fsp3) is 0.682. The molecule has 1 aliphatic carbocycles. The molecule has 2 fully saturated rings. The van der Waals surface area contributed by atoms with Gasteiger partial charge >= 0.3 is 0 Å². The summed E-state index contributed by atoms with van der Waals surface area (Å²) in [6, 6.07) is 4.32. The molecule has 8 nitrogen and oxygen atoms in total. The second-order valence-electron chi connectivity index (χ2n) is 8.97. The number of carbonyl (C=O) groups excluding carboxylic acids is 1. The highest BCUT2D eigenvalue weighted by atomic mass is 16.5. The second-order valence-corrected chi connectivity index (χ2v) is 8.97. The lowest BCUT2D eigenvalue weighted by atomic mass is 10.1. The molecule has 1 aliphatic heterocycles. The zero-order valence-electron chi connectivity index (χ0n) is 18.6. The first kappa shape index (κ1) is 21.2. The van der Waals surface area contributed by atoms with Gasteiger partial charge in [-0.05, 0) is 44.7 Å². The van der Waals surface area contributed by atoms with Crippen molar-refractivity contribution in [3.05, 3.63) is 29.7 Å². The Morgan fingerprint density at radius 2 is 2.07 bits per heavy atom. The summed E-state index contributed by atoms with van der Waals surface area (Å²) in [5.41, 5.74) is 1.42. The molecule has 0 spiro atoms. The van der Waals surface area contributed by atoms with E-state index in [9.17, 15) is 4.79 Å². The molecule has 30 heavy (non-hydrogen) atoms. The molecule has 2 aliphatic rings. The van der Waals surface area contributed by atoms with Crippen LogP contribution in [0.4, 0.5) is 0 Å². The molecule has 4 rings (SSSR count). The summed E-state index contributed by atoms with van der Waals surface area (Å²) < 4.78 is 7.11. The van der Waals surface area contributed by atoms with E-state index >= 15 is 0 Å². The Hall–Kier alpha value is -2.03. The van der Waals surface area contributed by atoms with Gasteiger partial charge in [-0.25, -0.2) is 0 Å². The number of piperazine rings is 1. The van der Waals surface area contributed by atoms with Crippen LogP contribution in [0.2, 0.25) is 0 Å². The average molecular weight is 415 g/mol. The summed E-state index contributed by atoms with van der Waals surface area (Å²) in [5.74, 6) is 1.78. The van der Waals surface area contributed by atoms with Crippen molar-refractivity contribution in [1.82, 2.24) is 29.3 Å². The molecule has 0 bridgehead atoms. The minimum absolute atomic E-state index is 0.0201. The molecular weight excluding hydrogens is 380 g/mol. The van der Waals surface area contributed by atoms with Crippen molar-refractivity contribution in [2.75, 3.05) is 53.5 Å². The highest BCUT2D eigenvalue weighted by Gasteiger charge is 2.35. The van der Waals surface area contributed by atoms with Crippen LogP contribution in [-0.4, -0.2) is 94.7 Å². The van der Waals surface area contributed by atoms with E-state index in [1.165, 1.54) is 19.4 Å². The molecule has 0 N–H and O–H groups in total. The first-order valence-corrected chi connectivity index (χ1v) is 11.0. The van der Waals surface area contributed by atoms with Gasteiger partial charge in [0.05, 0.1) is 18.2 Å². The van der Waals surface area contributed by atoms with Gasteiger partial charge in [-0.15, -0.1) is 10.2 Å². The first-order valence-electron chi connectivity index (χ1n) is 11.0. The van der Waals surface area contributed by atoms with Crippen molar-refractivity contribution < 1.29 is 9.53 Å². The maximum absolute atomic E-state index is 12.9. The Morgan fingerprint density at radius 1 is 1.27 bits per heavy atom. The smallest absolute Gasteiger partial charge is 0.255 e. The number of ether oxygens (including phenoxy) is 1. The summed E-state index contributed by atoms with van der Waals surface area (Å²) in [6.45, 7) is 9.85. The zero-order chi connectivity index (χ0) is 21.3. The molecule has 2 aromatic rings. The van der Waals surface area contributed by atoms with Crippen LogP contribution in [-0.2, 0) is 4.74 Å². The number of methoxy groups -OCH3 is 1. The first-order chi connectivity index (χ1) is 14.5. The van der Waals surface area contributed by atoms with Gasteiger partial charge in [0.15, 0.2) is 11.5 Å². The predicted octanol–water partition coefficient (Wildman–Crippen LogP) is 1.92. The quantitative estimate of drug-likeness (QED) is 0.658. The summed E-state index contributed by atoms with van der Waals surface area (Å²) in [4.78, 5) is 19.6. The summed E-state index contributed by atoms with van der Waals surface area (Å²) >= 11 is 0. The van der Waals surface area contributed by atoms with Crippen LogP contribution in [0.3, 0.4) is 0 Å². The third-order valence-electron chi connectivity index (χ3n) is 6.33. The van der Waals surface area contributed by atoms with E-state index in [-0.39, 0.29) is 11.9 Å². The Kier molecular flexibility index (Phi) is 6.36.